The van der Waals surface area contributed by atoms with Crippen LogP contribution >= 0.6 is 0 Å². The van der Waals surface area contributed by atoms with Gasteiger partial charge in [-0.1, -0.05) is 36.4 Å². The fourth-order valence-corrected chi connectivity index (χ4v) is 3.45. The van der Waals surface area contributed by atoms with Crippen molar-refractivity contribution >= 4 is 11.8 Å². The third-order valence-corrected chi connectivity index (χ3v) is 4.96. The summed E-state index contributed by atoms with van der Waals surface area (Å²) in [5.41, 5.74) is 2.21. The van der Waals surface area contributed by atoms with Crippen LogP contribution in [0, 0.1) is 5.82 Å². The monoisotopic (exact) mass is 404 g/mol. The maximum atomic E-state index is 12.9. The Labute approximate surface area is 173 Å². The molecule has 0 unspecified atom stereocenters. The van der Waals surface area contributed by atoms with Gasteiger partial charge in [-0.3, -0.25) is 9.59 Å². The van der Waals surface area contributed by atoms with E-state index in [0.29, 0.717) is 18.5 Å². The summed E-state index contributed by atoms with van der Waals surface area (Å²) in [5.74, 6) is 0.672. The summed E-state index contributed by atoms with van der Waals surface area (Å²) < 4.78 is 18.9. The van der Waals surface area contributed by atoms with E-state index in [2.05, 4.69) is 10.6 Å². The molecule has 0 aromatic heterocycles. The second-order valence-electron chi connectivity index (χ2n) is 7.04. The van der Waals surface area contributed by atoms with Crippen molar-refractivity contribution in [3.63, 3.8) is 0 Å². The number of rotatable bonds is 6. The lowest BCUT2D eigenvalue weighted by atomic mass is 9.94. The van der Waals surface area contributed by atoms with Crippen molar-refractivity contribution in [2.75, 3.05) is 6.54 Å². The van der Waals surface area contributed by atoms with Crippen LogP contribution in [0.5, 0.6) is 11.5 Å². The van der Waals surface area contributed by atoms with Crippen LogP contribution in [0.1, 0.15) is 40.4 Å². The molecule has 5 nitrogen and oxygen atoms in total. The lowest BCUT2D eigenvalue weighted by Gasteiger charge is -2.28. The smallest absolute Gasteiger partial charge is 0.251 e. The molecule has 3 aromatic rings. The van der Waals surface area contributed by atoms with Gasteiger partial charge in [0.1, 0.15) is 17.3 Å². The number of nitrogens with one attached hydrogen (secondary N) is 2. The summed E-state index contributed by atoms with van der Waals surface area (Å²) in [6.45, 7) is 0.352. The molecule has 3 aromatic carbocycles. The first-order chi connectivity index (χ1) is 14.6. The van der Waals surface area contributed by atoms with Crippen molar-refractivity contribution < 1.29 is 18.7 Å². The molecule has 4 rings (SSSR count). The summed E-state index contributed by atoms with van der Waals surface area (Å²) in [7, 11) is 0. The number of hydrogen-bond donors (Lipinski definition) is 2. The molecule has 1 aliphatic heterocycles. The summed E-state index contributed by atoms with van der Waals surface area (Å²) >= 11 is 0. The first-order valence-electron chi connectivity index (χ1n) is 9.80. The SMILES string of the molecule is O=C(CCCNC(=O)c1ccc(F)cc1)NC1c2ccccc2Oc2ccccc21. The molecule has 0 bridgehead atoms. The molecular weight excluding hydrogens is 383 g/mol. The molecular formula is C24H21FN2O3. The van der Waals surface area contributed by atoms with Gasteiger partial charge in [-0.2, -0.15) is 0 Å². The van der Waals surface area contributed by atoms with E-state index in [9.17, 15) is 14.0 Å². The largest absolute Gasteiger partial charge is 0.457 e. The molecule has 6 heteroatoms. The van der Waals surface area contributed by atoms with Gasteiger partial charge in [0.15, 0.2) is 0 Å². The van der Waals surface area contributed by atoms with Crippen LogP contribution in [0.25, 0.3) is 0 Å². The molecule has 0 radical (unpaired) electrons. The Bertz CT molecular complexity index is 1020. The first-order valence-corrected chi connectivity index (χ1v) is 9.80. The molecule has 152 valence electrons. The average molecular weight is 404 g/mol. The lowest BCUT2D eigenvalue weighted by molar-refractivity contribution is -0.121. The number of carbonyl (C=O) groups excluding carboxylic acids is 2. The molecule has 1 heterocycles. The van der Waals surface area contributed by atoms with Crippen molar-refractivity contribution in [3.05, 3.63) is 95.3 Å². The van der Waals surface area contributed by atoms with Crippen LogP contribution in [-0.2, 0) is 4.79 Å². The van der Waals surface area contributed by atoms with Gasteiger partial charge in [0.25, 0.3) is 5.91 Å². The van der Waals surface area contributed by atoms with Crippen molar-refractivity contribution in [3.8, 4) is 11.5 Å². The van der Waals surface area contributed by atoms with Crippen molar-refractivity contribution in [1.29, 1.82) is 0 Å². The van der Waals surface area contributed by atoms with E-state index in [1.54, 1.807) is 0 Å². The van der Waals surface area contributed by atoms with Gasteiger partial charge in [-0.15, -0.1) is 0 Å². The van der Waals surface area contributed by atoms with Crippen LogP contribution in [-0.4, -0.2) is 18.4 Å². The van der Waals surface area contributed by atoms with E-state index >= 15 is 0 Å². The van der Waals surface area contributed by atoms with Gasteiger partial charge in [0.05, 0.1) is 6.04 Å². The van der Waals surface area contributed by atoms with Gasteiger partial charge in [-0.25, -0.2) is 4.39 Å². The normalized spacial score (nSPS) is 12.3. The van der Waals surface area contributed by atoms with Crippen LogP contribution in [0.3, 0.4) is 0 Å². The molecule has 1 aliphatic rings. The summed E-state index contributed by atoms with van der Waals surface area (Å²) in [6, 6.07) is 20.3. The highest BCUT2D eigenvalue weighted by molar-refractivity contribution is 5.94. The molecule has 2 N–H and O–H groups in total. The number of amides is 2. The quantitative estimate of drug-likeness (QED) is 0.601. The zero-order chi connectivity index (χ0) is 20.9. The van der Waals surface area contributed by atoms with Gasteiger partial charge in [0, 0.05) is 29.7 Å². The molecule has 0 spiro atoms. The topological polar surface area (TPSA) is 67.4 Å². The van der Waals surface area contributed by atoms with Gasteiger partial charge >= 0.3 is 0 Å². The van der Waals surface area contributed by atoms with E-state index in [4.69, 9.17) is 4.74 Å². The number of ether oxygens (including phenoxy) is 1. The van der Waals surface area contributed by atoms with E-state index in [-0.39, 0.29) is 30.1 Å². The third kappa shape index (κ3) is 4.33. The molecule has 0 saturated carbocycles. The molecule has 0 fully saturated rings. The van der Waals surface area contributed by atoms with Crippen molar-refractivity contribution in [2.45, 2.75) is 18.9 Å². The Balaban J connectivity index is 1.33. The minimum atomic E-state index is -0.389. The Morgan fingerprint density at radius 2 is 1.47 bits per heavy atom. The fraction of sp³-hybridized carbons (Fsp3) is 0.167. The summed E-state index contributed by atoms with van der Waals surface area (Å²) in [6.07, 6.45) is 0.761. The van der Waals surface area contributed by atoms with E-state index in [1.165, 1.54) is 24.3 Å². The molecule has 30 heavy (non-hydrogen) atoms. The number of carbonyl (C=O) groups is 2. The summed E-state index contributed by atoms with van der Waals surface area (Å²) in [4.78, 5) is 24.6. The minimum absolute atomic E-state index is 0.109. The number of fused-ring (bicyclic) bond motifs is 2. The highest BCUT2D eigenvalue weighted by Crippen LogP contribution is 2.42. The zero-order valence-corrected chi connectivity index (χ0v) is 16.2. The predicted octanol–water partition coefficient (Wildman–Crippen LogP) is 4.35. The van der Waals surface area contributed by atoms with Gasteiger partial charge < -0.3 is 15.4 Å². The number of para-hydroxylation sites is 2. The highest BCUT2D eigenvalue weighted by Gasteiger charge is 2.27. The third-order valence-electron chi connectivity index (χ3n) is 4.96. The Morgan fingerprint density at radius 1 is 0.867 bits per heavy atom. The standard InChI is InChI=1S/C24H21FN2O3/c25-17-13-11-16(12-14-17)24(29)26-15-5-10-22(28)27-23-18-6-1-3-8-20(18)30-21-9-4-2-7-19(21)23/h1-4,6-9,11-14,23H,5,10,15H2,(H,26,29)(H,27,28). The van der Waals surface area contributed by atoms with Crippen LogP contribution in [0.2, 0.25) is 0 Å². The van der Waals surface area contributed by atoms with Gasteiger partial charge in [-0.05, 0) is 42.8 Å². The Kier molecular flexibility index (Phi) is 5.75. The van der Waals surface area contributed by atoms with E-state index in [0.717, 1.165) is 22.6 Å². The number of hydrogen-bond acceptors (Lipinski definition) is 3. The highest BCUT2D eigenvalue weighted by atomic mass is 19.1. The number of halogens is 1. The van der Waals surface area contributed by atoms with Crippen LogP contribution < -0.4 is 15.4 Å². The van der Waals surface area contributed by atoms with Crippen molar-refractivity contribution in [2.24, 2.45) is 0 Å². The second kappa shape index (κ2) is 8.78. The molecule has 0 saturated heterocycles. The lowest BCUT2D eigenvalue weighted by Crippen LogP contribution is -2.32. The summed E-state index contributed by atoms with van der Waals surface area (Å²) in [5, 5.41) is 5.83. The van der Waals surface area contributed by atoms with Crippen LogP contribution in [0.15, 0.2) is 72.8 Å². The first kappa shape index (κ1) is 19.6. The maximum Gasteiger partial charge on any atom is 0.251 e. The molecule has 2 amide bonds. The Morgan fingerprint density at radius 3 is 2.10 bits per heavy atom. The number of benzene rings is 3. The van der Waals surface area contributed by atoms with E-state index < -0.39 is 0 Å². The Hall–Kier alpha value is -3.67. The van der Waals surface area contributed by atoms with Crippen LogP contribution in [0.4, 0.5) is 4.39 Å². The van der Waals surface area contributed by atoms with Gasteiger partial charge in [0.2, 0.25) is 5.91 Å². The average Bonchev–Trinajstić information content (AvgIpc) is 2.77. The fourth-order valence-electron chi connectivity index (χ4n) is 3.45. The van der Waals surface area contributed by atoms with E-state index in [1.807, 2.05) is 48.5 Å². The molecule has 0 atom stereocenters. The molecule has 0 aliphatic carbocycles. The zero-order valence-electron chi connectivity index (χ0n) is 16.2. The second-order valence-corrected chi connectivity index (χ2v) is 7.04. The predicted molar refractivity (Wildman–Crippen MR) is 111 cm³/mol. The van der Waals surface area contributed by atoms with Crippen molar-refractivity contribution in [1.82, 2.24) is 10.6 Å². The maximum absolute atomic E-state index is 12.9. The minimum Gasteiger partial charge on any atom is -0.457 e.